The summed E-state index contributed by atoms with van der Waals surface area (Å²) in [6, 6.07) is 11.1. The third-order valence-electron chi connectivity index (χ3n) is 2.33. The van der Waals surface area contributed by atoms with Gasteiger partial charge in [-0.2, -0.15) is 0 Å². The minimum absolute atomic E-state index is 0.168. The Kier molecular flexibility index (Phi) is 3.52. The van der Waals surface area contributed by atoms with E-state index in [2.05, 4.69) is 15.5 Å². The Hall–Kier alpha value is -2.43. The highest BCUT2D eigenvalue weighted by Gasteiger charge is 2.03. The summed E-state index contributed by atoms with van der Waals surface area (Å²) >= 11 is 0. The lowest BCUT2D eigenvalue weighted by Crippen LogP contribution is -2.08. The Morgan fingerprint density at radius 3 is 2.67 bits per heavy atom. The molecule has 0 saturated heterocycles. The molecule has 0 atom stereocenters. The van der Waals surface area contributed by atoms with Crippen molar-refractivity contribution in [2.45, 2.75) is 6.92 Å². The van der Waals surface area contributed by atoms with Crippen LogP contribution in [0.1, 0.15) is 6.92 Å². The number of methoxy groups -OCH3 is 1. The van der Waals surface area contributed by atoms with Crippen LogP contribution in [0, 0.1) is 0 Å². The van der Waals surface area contributed by atoms with Crippen molar-refractivity contribution in [1.82, 2.24) is 10.2 Å². The average molecular weight is 243 g/mol. The van der Waals surface area contributed by atoms with Crippen LogP contribution in [0.3, 0.4) is 0 Å². The third-order valence-corrected chi connectivity index (χ3v) is 2.33. The molecule has 1 aromatic heterocycles. The zero-order valence-corrected chi connectivity index (χ0v) is 10.2. The van der Waals surface area contributed by atoms with E-state index in [1.54, 1.807) is 19.2 Å². The smallest absolute Gasteiger partial charge is 0.222 e. The lowest BCUT2D eigenvalue weighted by Gasteiger charge is -2.04. The molecule has 0 spiro atoms. The maximum Gasteiger partial charge on any atom is 0.222 e. The quantitative estimate of drug-likeness (QED) is 0.896. The van der Waals surface area contributed by atoms with E-state index in [4.69, 9.17) is 4.74 Å². The van der Waals surface area contributed by atoms with Crippen molar-refractivity contribution in [3.63, 3.8) is 0 Å². The first kappa shape index (κ1) is 12.0. The zero-order chi connectivity index (χ0) is 13.0. The van der Waals surface area contributed by atoms with Crippen molar-refractivity contribution in [2.24, 2.45) is 0 Å². The lowest BCUT2D eigenvalue weighted by atomic mass is 10.1. The molecule has 0 aliphatic heterocycles. The van der Waals surface area contributed by atoms with Gasteiger partial charge in [0.2, 0.25) is 5.91 Å². The van der Waals surface area contributed by atoms with Crippen LogP contribution >= 0.6 is 0 Å². The number of anilines is 1. The van der Waals surface area contributed by atoms with Crippen LogP contribution in [0.4, 0.5) is 5.82 Å². The summed E-state index contributed by atoms with van der Waals surface area (Å²) in [4.78, 5) is 10.9. The molecule has 1 N–H and O–H groups in total. The second kappa shape index (κ2) is 5.27. The molecule has 5 nitrogen and oxygen atoms in total. The zero-order valence-electron chi connectivity index (χ0n) is 10.2. The molecule has 92 valence electrons. The van der Waals surface area contributed by atoms with E-state index in [-0.39, 0.29) is 5.91 Å². The highest BCUT2D eigenvalue weighted by atomic mass is 16.5. The van der Waals surface area contributed by atoms with Gasteiger partial charge in [0, 0.05) is 12.5 Å². The number of benzene rings is 1. The molecule has 0 aliphatic carbocycles. The van der Waals surface area contributed by atoms with Gasteiger partial charge in [0.25, 0.3) is 0 Å². The second-order valence-corrected chi connectivity index (χ2v) is 3.72. The molecule has 0 bridgehead atoms. The predicted molar refractivity (Wildman–Crippen MR) is 68.3 cm³/mol. The molecule has 2 aromatic rings. The van der Waals surface area contributed by atoms with Gasteiger partial charge in [0.05, 0.1) is 12.8 Å². The van der Waals surface area contributed by atoms with Crippen molar-refractivity contribution in [2.75, 3.05) is 12.4 Å². The maximum atomic E-state index is 10.9. The SMILES string of the molecule is COc1cccc(-c2ccc(NC(C)=O)nn2)c1. The third kappa shape index (κ3) is 2.82. The molecule has 1 amide bonds. The predicted octanol–water partition coefficient (Wildman–Crippen LogP) is 2.11. The Bertz CT molecular complexity index is 552. The van der Waals surface area contributed by atoms with Gasteiger partial charge in [0.15, 0.2) is 5.82 Å². The molecule has 0 saturated carbocycles. The van der Waals surface area contributed by atoms with Crippen LogP contribution < -0.4 is 10.1 Å². The largest absolute Gasteiger partial charge is 0.497 e. The fraction of sp³-hybridized carbons (Fsp3) is 0.154. The molecular weight excluding hydrogens is 230 g/mol. The fourth-order valence-corrected chi connectivity index (χ4v) is 1.52. The van der Waals surface area contributed by atoms with Gasteiger partial charge in [-0.15, -0.1) is 10.2 Å². The fourth-order valence-electron chi connectivity index (χ4n) is 1.52. The standard InChI is InChI=1S/C13H13N3O2/c1-9(17)14-13-7-6-12(15-16-13)10-4-3-5-11(8-10)18-2/h3-8H,1-2H3,(H,14,16,17). The number of rotatable bonds is 3. The van der Waals surface area contributed by atoms with Crippen LogP contribution in [0.5, 0.6) is 5.75 Å². The molecule has 2 rings (SSSR count). The Balaban J connectivity index is 2.25. The van der Waals surface area contributed by atoms with Gasteiger partial charge >= 0.3 is 0 Å². The first-order valence-electron chi connectivity index (χ1n) is 5.45. The van der Waals surface area contributed by atoms with Gasteiger partial charge in [-0.1, -0.05) is 12.1 Å². The normalized spacial score (nSPS) is 9.89. The Morgan fingerprint density at radius 1 is 1.22 bits per heavy atom. The van der Waals surface area contributed by atoms with Crippen molar-refractivity contribution < 1.29 is 9.53 Å². The van der Waals surface area contributed by atoms with Crippen molar-refractivity contribution >= 4 is 11.7 Å². The summed E-state index contributed by atoms with van der Waals surface area (Å²) in [5.74, 6) is 1.04. The summed E-state index contributed by atoms with van der Waals surface area (Å²) in [5.41, 5.74) is 1.64. The number of nitrogens with one attached hydrogen (secondary N) is 1. The summed E-state index contributed by atoms with van der Waals surface area (Å²) < 4.78 is 5.15. The van der Waals surface area contributed by atoms with Crippen molar-refractivity contribution in [3.8, 4) is 17.0 Å². The van der Waals surface area contributed by atoms with E-state index < -0.39 is 0 Å². The minimum atomic E-state index is -0.168. The number of hydrogen-bond donors (Lipinski definition) is 1. The molecule has 0 radical (unpaired) electrons. The summed E-state index contributed by atoms with van der Waals surface area (Å²) in [7, 11) is 1.62. The number of aromatic nitrogens is 2. The lowest BCUT2D eigenvalue weighted by molar-refractivity contribution is -0.114. The van der Waals surface area contributed by atoms with Gasteiger partial charge in [-0.25, -0.2) is 0 Å². The molecule has 0 fully saturated rings. The number of carbonyl (C=O) groups is 1. The molecular formula is C13H13N3O2. The molecule has 1 aromatic carbocycles. The highest BCUT2D eigenvalue weighted by molar-refractivity contribution is 5.87. The van der Waals surface area contributed by atoms with E-state index in [1.807, 2.05) is 24.3 Å². The average Bonchev–Trinajstić information content (AvgIpc) is 2.39. The van der Waals surface area contributed by atoms with Gasteiger partial charge in [-0.05, 0) is 24.3 Å². The summed E-state index contributed by atoms with van der Waals surface area (Å²) in [6.45, 7) is 1.43. The van der Waals surface area contributed by atoms with E-state index in [0.717, 1.165) is 17.0 Å². The van der Waals surface area contributed by atoms with E-state index >= 15 is 0 Å². The Labute approximate surface area is 105 Å². The van der Waals surface area contributed by atoms with Crippen LogP contribution in [-0.4, -0.2) is 23.2 Å². The number of nitrogens with zero attached hydrogens (tertiary/aromatic N) is 2. The monoisotopic (exact) mass is 243 g/mol. The van der Waals surface area contributed by atoms with Crippen LogP contribution in [0.15, 0.2) is 36.4 Å². The number of ether oxygens (including phenoxy) is 1. The van der Waals surface area contributed by atoms with Gasteiger partial charge < -0.3 is 10.1 Å². The number of hydrogen-bond acceptors (Lipinski definition) is 4. The van der Waals surface area contributed by atoms with Gasteiger partial charge in [0.1, 0.15) is 5.75 Å². The Morgan fingerprint density at radius 2 is 2.06 bits per heavy atom. The van der Waals surface area contributed by atoms with Crippen LogP contribution in [0.2, 0.25) is 0 Å². The molecule has 0 unspecified atom stereocenters. The maximum absolute atomic E-state index is 10.9. The second-order valence-electron chi connectivity index (χ2n) is 3.72. The topological polar surface area (TPSA) is 64.1 Å². The van der Waals surface area contributed by atoms with E-state index in [1.165, 1.54) is 6.92 Å². The number of amides is 1. The number of carbonyl (C=O) groups excluding carboxylic acids is 1. The summed E-state index contributed by atoms with van der Waals surface area (Å²) in [6.07, 6.45) is 0. The van der Waals surface area contributed by atoms with Gasteiger partial charge in [-0.3, -0.25) is 4.79 Å². The molecule has 0 aliphatic rings. The van der Waals surface area contributed by atoms with Crippen molar-refractivity contribution in [1.29, 1.82) is 0 Å². The molecule has 1 heterocycles. The minimum Gasteiger partial charge on any atom is -0.497 e. The van der Waals surface area contributed by atoms with Crippen molar-refractivity contribution in [3.05, 3.63) is 36.4 Å². The molecule has 18 heavy (non-hydrogen) atoms. The van der Waals surface area contributed by atoms with Crippen LogP contribution in [0.25, 0.3) is 11.3 Å². The summed E-state index contributed by atoms with van der Waals surface area (Å²) in [5, 5.41) is 10.6. The van der Waals surface area contributed by atoms with Crippen LogP contribution in [-0.2, 0) is 4.79 Å². The van der Waals surface area contributed by atoms with E-state index in [0.29, 0.717) is 5.82 Å². The highest BCUT2D eigenvalue weighted by Crippen LogP contribution is 2.21. The molecule has 5 heteroatoms. The van der Waals surface area contributed by atoms with E-state index in [9.17, 15) is 4.79 Å². The first-order chi connectivity index (χ1) is 8.69. The first-order valence-corrected chi connectivity index (χ1v) is 5.45.